The van der Waals surface area contributed by atoms with Crippen LogP contribution < -0.4 is 5.32 Å². The lowest BCUT2D eigenvalue weighted by Gasteiger charge is -2.39. The van der Waals surface area contributed by atoms with Crippen LogP contribution in [0.4, 0.5) is 5.82 Å². The molecular weight excluding hydrogens is 262 g/mol. The molecule has 0 radical (unpaired) electrons. The van der Waals surface area contributed by atoms with Crippen molar-refractivity contribution in [2.45, 2.75) is 52.0 Å². The number of nitrogens with one attached hydrogen (secondary N) is 1. The smallest absolute Gasteiger partial charge is 0.155 e. The summed E-state index contributed by atoms with van der Waals surface area (Å²) in [6.45, 7) is 6.31. The molecule has 0 amide bonds. The zero-order chi connectivity index (χ0) is 14.0. The molecule has 5 heteroatoms. The predicted octanol–water partition coefficient (Wildman–Crippen LogP) is 3.10. The van der Waals surface area contributed by atoms with E-state index >= 15 is 0 Å². The topological polar surface area (TPSA) is 58.0 Å². The predicted molar refractivity (Wildman–Crippen MR) is 77.6 cm³/mol. The van der Waals surface area contributed by atoms with Gasteiger partial charge in [0.15, 0.2) is 11.0 Å². The van der Waals surface area contributed by atoms with E-state index in [-0.39, 0.29) is 12.1 Å². The molecule has 1 aliphatic rings. The van der Waals surface area contributed by atoms with Gasteiger partial charge in [0.05, 0.1) is 12.1 Å². The molecule has 0 aromatic carbocycles. The summed E-state index contributed by atoms with van der Waals surface area (Å²) in [6, 6.07) is 0. The molecule has 0 atom stereocenters. The second-order valence-electron chi connectivity index (χ2n) is 5.84. The number of hydrogen-bond donors (Lipinski definition) is 2. The SMILES string of the molecule is Cc1c(Cl)nnc(NC2(CO)CCC(C)CC2)c1C. The molecular formula is C14H22ClN3O. The first-order valence-corrected chi connectivity index (χ1v) is 7.23. The number of aliphatic hydroxyl groups is 1. The summed E-state index contributed by atoms with van der Waals surface area (Å²) < 4.78 is 0. The van der Waals surface area contributed by atoms with Gasteiger partial charge in [-0.2, -0.15) is 0 Å². The van der Waals surface area contributed by atoms with Gasteiger partial charge in [-0.05, 0) is 56.6 Å². The summed E-state index contributed by atoms with van der Waals surface area (Å²) in [7, 11) is 0. The van der Waals surface area contributed by atoms with Crippen molar-refractivity contribution in [1.29, 1.82) is 0 Å². The van der Waals surface area contributed by atoms with Crippen LogP contribution in [-0.2, 0) is 0 Å². The summed E-state index contributed by atoms with van der Waals surface area (Å²) in [5, 5.41) is 21.7. The highest BCUT2D eigenvalue weighted by Gasteiger charge is 2.34. The van der Waals surface area contributed by atoms with E-state index in [1.807, 2.05) is 13.8 Å². The van der Waals surface area contributed by atoms with Gasteiger partial charge >= 0.3 is 0 Å². The first kappa shape index (κ1) is 14.5. The lowest BCUT2D eigenvalue weighted by atomic mass is 9.77. The van der Waals surface area contributed by atoms with Crippen molar-refractivity contribution in [3.8, 4) is 0 Å². The molecule has 0 spiro atoms. The molecule has 1 aromatic rings. The number of rotatable bonds is 3. The summed E-state index contributed by atoms with van der Waals surface area (Å²) in [5.74, 6) is 1.48. The third-order valence-corrected chi connectivity index (χ3v) is 4.74. The Kier molecular flexibility index (Phi) is 4.31. The Morgan fingerprint density at radius 1 is 1.26 bits per heavy atom. The molecule has 106 valence electrons. The Morgan fingerprint density at radius 2 is 1.89 bits per heavy atom. The van der Waals surface area contributed by atoms with E-state index < -0.39 is 0 Å². The summed E-state index contributed by atoms with van der Waals surface area (Å²) in [5.41, 5.74) is 1.69. The summed E-state index contributed by atoms with van der Waals surface area (Å²) in [4.78, 5) is 0. The third-order valence-electron chi connectivity index (χ3n) is 4.38. The average Bonchev–Trinajstić information content (AvgIpc) is 2.42. The van der Waals surface area contributed by atoms with E-state index in [0.29, 0.717) is 5.15 Å². The third kappa shape index (κ3) is 3.00. The largest absolute Gasteiger partial charge is 0.394 e. The van der Waals surface area contributed by atoms with Crippen LogP contribution in [0.25, 0.3) is 0 Å². The minimum Gasteiger partial charge on any atom is -0.394 e. The fraction of sp³-hybridized carbons (Fsp3) is 0.714. The van der Waals surface area contributed by atoms with Gasteiger partial charge in [0.2, 0.25) is 0 Å². The van der Waals surface area contributed by atoms with Gasteiger partial charge in [-0.15, -0.1) is 10.2 Å². The molecule has 1 aliphatic carbocycles. The highest BCUT2D eigenvalue weighted by Crippen LogP contribution is 2.35. The number of halogens is 1. The second kappa shape index (κ2) is 5.63. The van der Waals surface area contributed by atoms with Crippen molar-refractivity contribution in [2.24, 2.45) is 5.92 Å². The zero-order valence-corrected chi connectivity index (χ0v) is 12.6. The summed E-state index contributed by atoms with van der Waals surface area (Å²) in [6.07, 6.45) is 4.19. The van der Waals surface area contributed by atoms with Crippen molar-refractivity contribution in [1.82, 2.24) is 10.2 Å². The number of nitrogens with zero attached hydrogens (tertiary/aromatic N) is 2. The molecule has 0 aliphatic heterocycles. The maximum absolute atomic E-state index is 9.77. The van der Waals surface area contributed by atoms with Crippen LogP contribution in [0.15, 0.2) is 0 Å². The molecule has 1 fully saturated rings. The van der Waals surface area contributed by atoms with Gasteiger partial charge in [0.25, 0.3) is 0 Å². The van der Waals surface area contributed by atoms with Gasteiger partial charge in [0, 0.05) is 0 Å². The Bertz CT molecular complexity index is 456. The minimum absolute atomic E-state index is 0.127. The molecule has 4 nitrogen and oxygen atoms in total. The van der Waals surface area contributed by atoms with Gasteiger partial charge in [-0.3, -0.25) is 0 Å². The Morgan fingerprint density at radius 3 is 2.47 bits per heavy atom. The molecule has 0 saturated heterocycles. The first-order chi connectivity index (χ1) is 8.97. The number of aromatic nitrogens is 2. The average molecular weight is 284 g/mol. The molecule has 0 bridgehead atoms. The Labute approximate surface area is 119 Å². The number of aliphatic hydroxyl groups excluding tert-OH is 1. The molecule has 1 saturated carbocycles. The maximum atomic E-state index is 9.77. The van der Waals surface area contributed by atoms with Crippen molar-refractivity contribution >= 4 is 17.4 Å². The van der Waals surface area contributed by atoms with E-state index in [1.165, 1.54) is 0 Å². The fourth-order valence-electron chi connectivity index (χ4n) is 2.58. The van der Waals surface area contributed by atoms with Crippen LogP contribution in [0, 0.1) is 19.8 Å². The lowest BCUT2D eigenvalue weighted by molar-refractivity contribution is 0.155. The monoisotopic (exact) mass is 283 g/mol. The minimum atomic E-state index is -0.258. The van der Waals surface area contributed by atoms with Crippen molar-refractivity contribution < 1.29 is 5.11 Å². The number of hydrogen-bond acceptors (Lipinski definition) is 4. The summed E-state index contributed by atoms with van der Waals surface area (Å²) >= 11 is 5.97. The van der Waals surface area contributed by atoms with Crippen molar-refractivity contribution in [3.05, 3.63) is 16.3 Å². The molecule has 2 N–H and O–H groups in total. The standard InChI is InChI=1S/C14H22ClN3O/c1-9-4-6-14(8-19,7-5-9)16-13-11(3)10(2)12(15)17-18-13/h9,19H,4-8H2,1-3H3,(H,16,18). The maximum Gasteiger partial charge on any atom is 0.155 e. The lowest BCUT2D eigenvalue weighted by Crippen LogP contribution is -2.45. The van der Waals surface area contributed by atoms with Crippen molar-refractivity contribution in [2.75, 3.05) is 11.9 Å². The quantitative estimate of drug-likeness (QED) is 0.895. The fourth-order valence-corrected chi connectivity index (χ4v) is 2.76. The zero-order valence-electron chi connectivity index (χ0n) is 11.8. The molecule has 1 aromatic heterocycles. The van der Waals surface area contributed by atoms with Gasteiger partial charge in [0.1, 0.15) is 0 Å². The van der Waals surface area contributed by atoms with Gasteiger partial charge in [-0.1, -0.05) is 18.5 Å². The Balaban J connectivity index is 2.21. The van der Waals surface area contributed by atoms with Gasteiger partial charge < -0.3 is 10.4 Å². The highest BCUT2D eigenvalue weighted by atomic mass is 35.5. The van der Waals surface area contributed by atoms with Crippen molar-refractivity contribution in [3.63, 3.8) is 0 Å². The number of anilines is 1. The van der Waals surface area contributed by atoms with E-state index in [9.17, 15) is 5.11 Å². The van der Waals surface area contributed by atoms with Crippen LogP contribution >= 0.6 is 11.6 Å². The van der Waals surface area contributed by atoms with Gasteiger partial charge in [-0.25, -0.2) is 0 Å². The first-order valence-electron chi connectivity index (χ1n) is 6.86. The van der Waals surface area contributed by atoms with Crippen LogP contribution in [0.2, 0.25) is 5.15 Å². The van der Waals surface area contributed by atoms with E-state index in [1.54, 1.807) is 0 Å². The van der Waals surface area contributed by atoms with E-state index in [0.717, 1.165) is 48.5 Å². The second-order valence-corrected chi connectivity index (χ2v) is 6.19. The Hall–Kier alpha value is -0.870. The van der Waals surface area contributed by atoms with Crippen LogP contribution in [-0.4, -0.2) is 27.4 Å². The molecule has 2 rings (SSSR count). The molecule has 0 unspecified atom stereocenters. The van der Waals surface area contributed by atoms with E-state index in [4.69, 9.17) is 11.6 Å². The normalized spacial score (nSPS) is 27.3. The van der Waals surface area contributed by atoms with Crippen LogP contribution in [0.5, 0.6) is 0 Å². The molecule has 19 heavy (non-hydrogen) atoms. The van der Waals surface area contributed by atoms with Crippen LogP contribution in [0.1, 0.15) is 43.7 Å². The van der Waals surface area contributed by atoms with E-state index in [2.05, 4.69) is 22.4 Å². The van der Waals surface area contributed by atoms with Crippen LogP contribution in [0.3, 0.4) is 0 Å². The highest BCUT2D eigenvalue weighted by molar-refractivity contribution is 6.30. The molecule has 1 heterocycles.